The molecule has 1 saturated carbocycles. The van der Waals surface area contributed by atoms with Gasteiger partial charge in [-0.3, -0.25) is 19.4 Å². The lowest BCUT2D eigenvalue weighted by Crippen LogP contribution is -2.47. The number of amides is 2. The molecule has 1 N–H and O–H groups in total. The van der Waals surface area contributed by atoms with Crippen LogP contribution in [0.5, 0.6) is 5.75 Å². The van der Waals surface area contributed by atoms with Crippen molar-refractivity contribution in [2.24, 2.45) is 5.92 Å². The van der Waals surface area contributed by atoms with E-state index in [0.29, 0.717) is 31.7 Å². The van der Waals surface area contributed by atoms with Crippen LogP contribution < -0.4 is 15.0 Å². The normalized spacial score (nSPS) is 22.7. The third-order valence-corrected chi connectivity index (χ3v) is 7.14. The number of likely N-dealkylation sites (tertiary alicyclic amines) is 1. The zero-order chi connectivity index (χ0) is 23.2. The SMILES string of the molecule is CC(C)NCC1CC(=O)N(CCCN2CCN(c3ccccc3OC3CCCC3)CC2)C1=O. The van der Waals surface area contributed by atoms with E-state index in [1.807, 2.05) is 0 Å². The van der Waals surface area contributed by atoms with Crippen molar-refractivity contribution in [1.82, 2.24) is 15.1 Å². The van der Waals surface area contributed by atoms with Gasteiger partial charge in [0, 0.05) is 51.7 Å². The number of hydrogen-bond acceptors (Lipinski definition) is 6. The van der Waals surface area contributed by atoms with E-state index in [-0.39, 0.29) is 17.7 Å². The molecule has 33 heavy (non-hydrogen) atoms. The van der Waals surface area contributed by atoms with E-state index in [1.165, 1.54) is 36.3 Å². The molecule has 2 saturated heterocycles. The van der Waals surface area contributed by atoms with Crippen LogP contribution in [0.1, 0.15) is 52.4 Å². The topological polar surface area (TPSA) is 65.1 Å². The molecule has 0 aromatic heterocycles. The second kappa shape index (κ2) is 11.3. The van der Waals surface area contributed by atoms with Gasteiger partial charge in [0.25, 0.3) is 0 Å². The van der Waals surface area contributed by atoms with E-state index >= 15 is 0 Å². The molecule has 3 fully saturated rings. The van der Waals surface area contributed by atoms with Crippen molar-refractivity contribution in [3.63, 3.8) is 0 Å². The highest BCUT2D eigenvalue weighted by Gasteiger charge is 2.37. The first-order valence-corrected chi connectivity index (χ1v) is 12.8. The van der Waals surface area contributed by atoms with E-state index in [4.69, 9.17) is 4.74 Å². The minimum absolute atomic E-state index is 0.00293. The summed E-state index contributed by atoms with van der Waals surface area (Å²) in [5.41, 5.74) is 1.21. The van der Waals surface area contributed by atoms with Crippen molar-refractivity contribution in [3.05, 3.63) is 24.3 Å². The number of nitrogens with zero attached hydrogens (tertiary/aromatic N) is 3. The van der Waals surface area contributed by atoms with Crippen molar-refractivity contribution in [2.45, 2.75) is 64.5 Å². The first-order valence-electron chi connectivity index (χ1n) is 12.8. The Balaban J connectivity index is 1.21. The molecule has 7 nitrogen and oxygen atoms in total. The molecule has 0 spiro atoms. The van der Waals surface area contributed by atoms with E-state index in [2.05, 4.69) is 53.2 Å². The summed E-state index contributed by atoms with van der Waals surface area (Å²) in [6.07, 6.45) is 6.43. The zero-order valence-electron chi connectivity index (χ0n) is 20.3. The highest BCUT2D eigenvalue weighted by molar-refractivity contribution is 6.03. The van der Waals surface area contributed by atoms with Gasteiger partial charge in [-0.2, -0.15) is 0 Å². The van der Waals surface area contributed by atoms with Gasteiger partial charge in [-0.15, -0.1) is 0 Å². The van der Waals surface area contributed by atoms with E-state index in [9.17, 15) is 9.59 Å². The zero-order valence-corrected chi connectivity index (χ0v) is 20.3. The van der Waals surface area contributed by atoms with Gasteiger partial charge in [-0.25, -0.2) is 0 Å². The molecule has 3 aliphatic rings. The first kappa shape index (κ1) is 24.0. The third-order valence-electron chi connectivity index (χ3n) is 7.14. The maximum absolute atomic E-state index is 12.6. The summed E-state index contributed by atoms with van der Waals surface area (Å²) < 4.78 is 6.34. The Morgan fingerprint density at radius 1 is 1.03 bits per heavy atom. The maximum Gasteiger partial charge on any atom is 0.234 e. The van der Waals surface area contributed by atoms with Crippen molar-refractivity contribution in [2.75, 3.05) is 50.7 Å². The molecule has 7 heteroatoms. The quantitative estimate of drug-likeness (QED) is 0.546. The van der Waals surface area contributed by atoms with Crippen LogP contribution in [0, 0.1) is 5.92 Å². The van der Waals surface area contributed by atoms with Gasteiger partial charge in [0.05, 0.1) is 17.7 Å². The summed E-state index contributed by atoms with van der Waals surface area (Å²) in [7, 11) is 0. The largest absolute Gasteiger partial charge is 0.488 e. The fraction of sp³-hybridized carbons (Fsp3) is 0.692. The Morgan fingerprint density at radius 3 is 2.48 bits per heavy atom. The number of benzene rings is 1. The predicted molar refractivity (Wildman–Crippen MR) is 131 cm³/mol. The number of ether oxygens (including phenoxy) is 1. The fourth-order valence-corrected chi connectivity index (χ4v) is 5.19. The number of hydrogen-bond donors (Lipinski definition) is 1. The summed E-state index contributed by atoms with van der Waals surface area (Å²) in [5, 5.41) is 3.29. The lowest BCUT2D eigenvalue weighted by atomic mass is 10.1. The molecule has 1 aromatic carbocycles. The van der Waals surface area contributed by atoms with Gasteiger partial charge in [0.15, 0.2) is 0 Å². The Bertz CT molecular complexity index is 800. The second-order valence-electron chi connectivity index (χ2n) is 10.0. The lowest BCUT2D eigenvalue weighted by molar-refractivity contribution is -0.139. The molecule has 182 valence electrons. The van der Waals surface area contributed by atoms with Crippen LogP contribution in [-0.2, 0) is 9.59 Å². The Hall–Kier alpha value is -2.12. The van der Waals surface area contributed by atoms with Gasteiger partial charge in [0.1, 0.15) is 5.75 Å². The van der Waals surface area contributed by atoms with E-state index in [0.717, 1.165) is 44.9 Å². The Morgan fingerprint density at radius 2 is 1.76 bits per heavy atom. The summed E-state index contributed by atoms with van der Waals surface area (Å²) >= 11 is 0. The Labute approximate surface area is 198 Å². The lowest BCUT2D eigenvalue weighted by Gasteiger charge is -2.37. The summed E-state index contributed by atoms with van der Waals surface area (Å²) in [4.78, 5) is 31.3. The molecule has 2 aliphatic heterocycles. The van der Waals surface area contributed by atoms with Crippen molar-refractivity contribution in [1.29, 1.82) is 0 Å². The highest BCUT2D eigenvalue weighted by Crippen LogP contribution is 2.32. The summed E-state index contributed by atoms with van der Waals surface area (Å²) in [5.74, 6) is 0.802. The van der Waals surface area contributed by atoms with Crippen LogP contribution in [0.4, 0.5) is 5.69 Å². The molecule has 1 aliphatic carbocycles. The smallest absolute Gasteiger partial charge is 0.234 e. The van der Waals surface area contributed by atoms with E-state index < -0.39 is 0 Å². The van der Waals surface area contributed by atoms with Crippen LogP contribution in [0.25, 0.3) is 0 Å². The molecule has 2 heterocycles. The van der Waals surface area contributed by atoms with Crippen LogP contribution in [0.3, 0.4) is 0 Å². The standard InChI is InChI=1S/C26H40N4O3/c1-20(2)27-19-21-18-25(31)30(26(21)32)13-7-12-28-14-16-29(17-15-28)23-10-5-6-11-24(23)33-22-8-3-4-9-22/h5-6,10-11,20-22,27H,3-4,7-9,12-19H2,1-2H3. The number of carbonyl (C=O) groups is 2. The molecule has 0 bridgehead atoms. The van der Waals surface area contributed by atoms with Crippen LogP contribution >= 0.6 is 0 Å². The highest BCUT2D eigenvalue weighted by atomic mass is 16.5. The Kier molecular flexibility index (Phi) is 8.25. The van der Waals surface area contributed by atoms with Gasteiger partial charge in [-0.1, -0.05) is 26.0 Å². The number of carbonyl (C=O) groups excluding carboxylic acids is 2. The van der Waals surface area contributed by atoms with Gasteiger partial charge in [-0.05, 0) is 50.8 Å². The van der Waals surface area contributed by atoms with Gasteiger partial charge < -0.3 is 15.0 Å². The predicted octanol–water partition coefficient (Wildman–Crippen LogP) is 2.89. The third kappa shape index (κ3) is 6.27. The molecule has 1 unspecified atom stereocenters. The van der Waals surface area contributed by atoms with E-state index in [1.54, 1.807) is 0 Å². The number of anilines is 1. The van der Waals surface area contributed by atoms with Crippen LogP contribution in [0.2, 0.25) is 0 Å². The number of nitrogens with one attached hydrogen (secondary N) is 1. The number of imide groups is 1. The monoisotopic (exact) mass is 456 g/mol. The summed E-state index contributed by atoms with van der Waals surface area (Å²) in [6.45, 7) is 10.1. The molecule has 2 amide bonds. The molecular weight excluding hydrogens is 416 g/mol. The average Bonchev–Trinajstić information content (AvgIpc) is 3.42. The second-order valence-corrected chi connectivity index (χ2v) is 10.0. The molecular formula is C26H40N4O3. The molecule has 1 aromatic rings. The summed E-state index contributed by atoms with van der Waals surface area (Å²) in [6, 6.07) is 8.76. The minimum atomic E-state index is -0.199. The maximum atomic E-state index is 12.6. The number of para-hydroxylation sites is 2. The van der Waals surface area contributed by atoms with Gasteiger partial charge >= 0.3 is 0 Å². The fourth-order valence-electron chi connectivity index (χ4n) is 5.19. The van der Waals surface area contributed by atoms with Crippen molar-refractivity contribution < 1.29 is 14.3 Å². The number of rotatable bonds is 10. The molecule has 1 atom stereocenters. The van der Waals surface area contributed by atoms with Crippen molar-refractivity contribution in [3.8, 4) is 5.75 Å². The number of piperazine rings is 1. The van der Waals surface area contributed by atoms with Gasteiger partial charge in [0.2, 0.25) is 11.8 Å². The molecule has 0 radical (unpaired) electrons. The minimum Gasteiger partial charge on any atom is -0.488 e. The first-order chi connectivity index (χ1) is 16.0. The van der Waals surface area contributed by atoms with Crippen LogP contribution in [-0.4, -0.2) is 79.6 Å². The molecule has 4 rings (SSSR count). The van der Waals surface area contributed by atoms with Crippen molar-refractivity contribution >= 4 is 17.5 Å². The average molecular weight is 457 g/mol. The van der Waals surface area contributed by atoms with Crippen LogP contribution in [0.15, 0.2) is 24.3 Å².